The fourth-order valence-corrected chi connectivity index (χ4v) is 2.44. The average Bonchev–Trinajstić information content (AvgIpc) is 2.72. The normalized spacial score (nSPS) is 10.9. The second-order valence-corrected chi connectivity index (χ2v) is 4.62. The Bertz CT molecular complexity index is 726. The molecule has 0 radical (unpaired) electrons. The largest absolute Gasteiger partial charge is 0.497 e. The molecule has 3 rings (SSSR count). The van der Waals surface area contributed by atoms with Gasteiger partial charge in [0.15, 0.2) is 0 Å². The maximum Gasteiger partial charge on any atom is 0.144 e. The maximum atomic E-state index is 5.20. The van der Waals surface area contributed by atoms with E-state index in [0.29, 0.717) is 0 Å². The molecule has 0 fully saturated rings. The van der Waals surface area contributed by atoms with Gasteiger partial charge in [0.25, 0.3) is 0 Å². The summed E-state index contributed by atoms with van der Waals surface area (Å²) in [4.78, 5) is 4.51. The minimum absolute atomic E-state index is 0.863. The molecule has 0 N–H and O–H groups in total. The number of fused-ring (bicyclic) bond motifs is 1. The number of benzene rings is 1. The highest BCUT2D eigenvalue weighted by atomic mass is 16.5. The first-order chi connectivity index (χ1) is 9.22. The van der Waals surface area contributed by atoms with Crippen molar-refractivity contribution >= 4 is 11.0 Å². The Morgan fingerprint density at radius 1 is 1.05 bits per heavy atom. The summed E-state index contributed by atoms with van der Waals surface area (Å²) in [6.07, 6.45) is 1.83. The number of aromatic nitrogens is 2. The minimum Gasteiger partial charge on any atom is -0.497 e. The van der Waals surface area contributed by atoms with Crippen LogP contribution in [0.15, 0.2) is 42.6 Å². The van der Waals surface area contributed by atoms with Crippen molar-refractivity contribution < 1.29 is 4.74 Å². The van der Waals surface area contributed by atoms with Crippen LogP contribution in [0.2, 0.25) is 0 Å². The van der Waals surface area contributed by atoms with Crippen LogP contribution in [0.1, 0.15) is 11.3 Å². The van der Waals surface area contributed by atoms with Crippen molar-refractivity contribution in [2.24, 2.45) is 0 Å². The van der Waals surface area contributed by atoms with Crippen molar-refractivity contribution in [3.8, 4) is 11.4 Å². The van der Waals surface area contributed by atoms with Crippen molar-refractivity contribution in [3.05, 3.63) is 53.9 Å². The lowest BCUT2D eigenvalue weighted by molar-refractivity contribution is 0.415. The van der Waals surface area contributed by atoms with Crippen LogP contribution < -0.4 is 4.74 Å². The van der Waals surface area contributed by atoms with Gasteiger partial charge in [0.05, 0.1) is 7.11 Å². The predicted octanol–water partition coefficient (Wildman–Crippen LogP) is 3.65. The summed E-state index contributed by atoms with van der Waals surface area (Å²) in [5.41, 5.74) is 4.61. The van der Waals surface area contributed by atoms with Gasteiger partial charge in [-0.05, 0) is 55.8 Å². The molecule has 0 aliphatic carbocycles. The van der Waals surface area contributed by atoms with E-state index in [0.717, 1.165) is 17.1 Å². The van der Waals surface area contributed by atoms with Crippen LogP contribution in [0.5, 0.6) is 5.75 Å². The highest BCUT2D eigenvalue weighted by Gasteiger charge is 2.12. The summed E-state index contributed by atoms with van der Waals surface area (Å²) in [7, 11) is 1.68. The summed E-state index contributed by atoms with van der Waals surface area (Å²) < 4.78 is 7.39. The molecule has 0 aliphatic heterocycles. The number of nitrogens with zero attached hydrogens (tertiary/aromatic N) is 2. The van der Waals surface area contributed by atoms with E-state index in [2.05, 4.69) is 41.6 Å². The van der Waals surface area contributed by atoms with Gasteiger partial charge in [-0.2, -0.15) is 0 Å². The summed E-state index contributed by atoms with van der Waals surface area (Å²) >= 11 is 0. The molecule has 3 nitrogen and oxygen atoms in total. The number of hydrogen-bond acceptors (Lipinski definition) is 2. The number of methoxy groups -OCH3 is 1. The van der Waals surface area contributed by atoms with Gasteiger partial charge in [0, 0.05) is 23.0 Å². The lowest BCUT2D eigenvalue weighted by Crippen LogP contribution is -1.97. The highest BCUT2D eigenvalue weighted by molar-refractivity contribution is 5.83. The number of ether oxygens (including phenoxy) is 1. The molecule has 0 aliphatic rings. The quantitative estimate of drug-likeness (QED) is 0.696. The SMILES string of the molecule is COc1ccc(-n2c(C)c(C)c3cccnc32)cc1. The van der Waals surface area contributed by atoms with Gasteiger partial charge in [-0.15, -0.1) is 0 Å². The van der Waals surface area contributed by atoms with E-state index in [-0.39, 0.29) is 0 Å². The number of hydrogen-bond donors (Lipinski definition) is 0. The van der Waals surface area contributed by atoms with Crippen LogP contribution in [0.25, 0.3) is 16.7 Å². The molecule has 0 unspecified atom stereocenters. The first-order valence-corrected chi connectivity index (χ1v) is 6.29. The van der Waals surface area contributed by atoms with Gasteiger partial charge in [0.2, 0.25) is 0 Å². The van der Waals surface area contributed by atoms with Crippen LogP contribution in [0, 0.1) is 13.8 Å². The van der Waals surface area contributed by atoms with Crippen LogP contribution in [0.3, 0.4) is 0 Å². The molecular formula is C16H16N2O. The van der Waals surface area contributed by atoms with Crippen LogP contribution in [0.4, 0.5) is 0 Å². The summed E-state index contributed by atoms with van der Waals surface area (Å²) in [5, 5.41) is 1.20. The second kappa shape index (κ2) is 4.43. The van der Waals surface area contributed by atoms with E-state index in [1.807, 2.05) is 24.4 Å². The Morgan fingerprint density at radius 2 is 1.79 bits per heavy atom. The molecule has 0 saturated carbocycles. The Labute approximate surface area is 112 Å². The monoisotopic (exact) mass is 252 g/mol. The summed E-state index contributed by atoms with van der Waals surface area (Å²) in [6.45, 7) is 4.26. The van der Waals surface area contributed by atoms with Crippen molar-refractivity contribution in [2.75, 3.05) is 7.11 Å². The first kappa shape index (κ1) is 11.8. The van der Waals surface area contributed by atoms with E-state index < -0.39 is 0 Å². The zero-order valence-electron chi connectivity index (χ0n) is 11.3. The third kappa shape index (κ3) is 1.78. The van der Waals surface area contributed by atoms with Crippen LogP contribution >= 0.6 is 0 Å². The maximum absolute atomic E-state index is 5.20. The molecule has 19 heavy (non-hydrogen) atoms. The van der Waals surface area contributed by atoms with E-state index in [4.69, 9.17) is 4.74 Å². The molecule has 2 aromatic heterocycles. The Kier molecular flexibility index (Phi) is 2.75. The van der Waals surface area contributed by atoms with Crippen molar-refractivity contribution in [3.63, 3.8) is 0 Å². The molecule has 0 atom stereocenters. The molecule has 96 valence electrons. The van der Waals surface area contributed by atoms with Gasteiger partial charge < -0.3 is 4.74 Å². The van der Waals surface area contributed by atoms with Crippen molar-refractivity contribution in [1.29, 1.82) is 0 Å². The van der Waals surface area contributed by atoms with E-state index in [9.17, 15) is 0 Å². The Morgan fingerprint density at radius 3 is 2.47 bits per heavy atom. The fourth-order valence-electron chi connectivity index (χ4n) is 2.44. The van der Waals surface area contributed by atoms with Crippen molar-refractivity contribution in [2.45, 2.75) is 13.8 Å². The highest BCUT2D eigenvalue weighted by Crippen LogP contribution is 2.27. The van der Waals surface area contributed by atoms with Gasteiger partial charge >= 0.3 is 0 Å². The zero-order valence-corrected chi connectivity index (χ0v) is 11.3. The molecule has 2 heterocycles. The smallest absolute Gasteiger partial charge is 0.144 e. The van der Waals surface area contributed by atoms with Crippen molar-refractivity contribution in [1.82, 2.24) is 9.55 Å². The van der Waals surface area contributed by atoms with Gasteiger partial charge in [-0.25, -0.2) is 4.98 Å². The molecule has 0 bridgehead atoms. The number of rotatable bonds is 2. The molecule has 1 aromatic carbocycles. The molecule has 0 spiro atoms. The van der Waals surface area contributed by atoms with E-state index >= 15 is 0 Å². The minimum atomic E-state index is 0.863. The summed E-state index contributed by atoms with van der Waals surface area (Å²) in [6, 6.07) is 12.1. The predicted molar refractivity (Wildman–Crippen MR) is 77.1 cm³/mol. The molecule has 0 amide bonds. The van der Waals surface area contributed by atoms with Crippen LogP contribution in [-0.2, 0) is 0 Å². The topological polar surface area (TPSA) is 27.1 Å². The van der Waals surface area contributed by atoms with Gasteiger partial charge in [-0.3, -0.25) is 4.57 Å². The third-order valence-corrected chi connectivity index (χ3v) is 3.61. The third-order valence-electron chi connectivity index (χ3n) is 3.61. The van der Waals surface area contributed by atoms with Gasteiger partial charge in [0.1, 0.15) is 11.4 Å². The number of aryl methyl sites for hydroxylation is 1. The molecule has 0 saturated heterocycles. The standard InChI is InChI=1S/C16H16N2O/c1-11-12(2)18(16-15(11)5-4-10-17-16)13-6-8-14(19-3)9-7-13/h4-10H,1-3H3. The lowest BCUT2D eigenvalue weighted by atomic mass is 10.2. The molecule has 3 heteroatoms. The first-order valence-electron chi connectivity index (χ1n) is 6.29. The summed E-state index contributed by atoms with van der Waals surface area (Å²) in [5.74, 6) is 0.863. The Hall–Kier alpha value is -2.29. The van der Waals surface area contributed by atoms with Gasteiger partial charge in [-0.1, -0.05) is 0 Å². The zero-order chi connectivity index (χ0) is 13.4. The fraction of sp³-hybridized carbons (Fsp3) is 0.188. The molecular weight excluding hydrogens is 236 g/mol. The lowest BCUT2D eigenvalue weighted by Gasteiger charge is -2.08. The number of pyridine rings is 1. The molecule has 3 aromatic rings. The second-order valence-electron chi connectivity index (χ2n) is 4.62. The average molecular weight is 252 g/mol. The van der Waals surface area contributed by atoms with E-state index in [1.165, 1.54) is 16.6 Å². The van der Waals surface area contributed by atoms with Crippen LogP contribution in [-0.4, -0.2) is 16.7 Å². The Balaban J connectivity index is 2.26. The van der Waals surface area contributed by atoms with E-state index in [1.54, 1.807) is 7.11 Å².